The number of aryl methyl sites for hydroxylation is 2. The molecule has 2 aromatic rings. The number of hydrogen-bond acceptors (Lipinski definition) is 4. The van der Waals surface area contributed by atoms with E-state index in [-0.39, 0.29) is 5.91 Å². The predicted molar refractivity (Wildman–Crippen MR) is 93.3 cm³/mol. The number of carbonyl (C=O) groups is 1. The minimum atomic E-state index is -0.0633. The van der Waals surface area contributed by atoms with Crippen LogP contribution in [0, 0.1) is 13.8 Å². The summed E-state index contributed by atoms with van der Waals surface area (Å²) >= 11 is 0. The summed E-state index contributed by atoms with van der Waals surface area (Å²) < 4.78 is 11.2. The lowest BCUT2D eigenvalue weighted by Crippen LogP contribution is -2.24. The minimum absolute atomic E-state index is 0.0633. The molecule has 0 saturated carbocycles. The molecule has 0 bridgehead atoms. The van der Waals surface area contributed by atoms with Gasteiger partial charge in [-0.15, -0.1) is 0 Å². The molecule has 0 atom stereocenters. The Bertz CT molecular complexity index is 686. The van der Waals surface area contributed by atoms with Crippen LogP contribution in [-0.2, 0) is 11.3 Å². The number of aromatic nitrogens is 1. The molecule has 1 heterocycles. The van der Waals surface area contributed by atoms with E-state index in [4.69, 9.17) is 9.47 Å². The average molecular weight is 328 g/mol. The van der Waals surface area contributed by atoms with Gasteiger partial charge in [-0.3, -0.25) is 4.79 Å². The summed E-state index contributed by atoms with van der Waals surface area (Å²) in [4.78, 5) is 16.1. The van der Waals surface area contributed by atoms with Crippen LogP contribution in [0.1, 0.15) is 30.0 Å². The largest absolute Gasteiger partial charge is 0.493 e. The lowest BCUT2D eigenvalue weighted by atomic mass is 10.1. The zero-order chi connectivity index (χ0) is 17.4. The van der Waals surface area contributed by atoms with Crippen LogP contribution in [0.25, 0.3) is 0 Å². The molecule has 0 aliphatic carbocycles. The molecule has 0 saturated heterocycles. The molecule has 24 heavy (non-hydrogen) atoms. The Morgan fingerprint density at radius 3 is 2.83 bits per heavy atom. The van der Waals surface area contributed by atoms with Gasteiger partial charge in [0.15, 0.2) is 0 Å². The highest BCUT2D eigenvalue weighted by molar-refractivity contribution is 5.76. The van der Waals surface area contributed by atoms with E-state index in [1.807, 2.05) is 51.1 Å². The Kier molecular flexibility index (Phi) is 6.61. The molecule has 0 radical (unpaired) electrons. The van der Waals surface area contributed by atoms with Gasteiger partial charge < -0.3 is 14.8 Å². The lowest BCUT2D eigenvalue weighted by Gasteiger charge is -2.11. The van der Waals surface area contributed by atoms with Crippen LogP contribution in [0.15, 0.2) is 36.5 Å². The highest BCUT2D eigenvalue weighted by Crippen LogP contribution is 2.19. The van der Waals surface area contributed by atoms with Crippen molar-refractivity contribution in [1.29, 1.82) is 0 Å². The third-order valence-electron chi connectivity index (χ3n) is 3.54. The fourth-order valence-electron chi connectivity index (χ4n) is 2.22. The Labute approximate surface area is 143 Å². The second kappa shape index (κ2) is 8.91. The number of amides is 1. The summed E-state index contributed by atoms with van der Waals surface area (Å²) in [7, 11) is 0. The van der Waals surface area contributed by atoms with Crippen molar-refractivity contribution in [1.82, 2.24) is 10.3 Å². The highest BCUT2D eigenvalue weighted by atomic mass is 16.5. The molecule has 1 aromatic heterocycles. The molecular weight excluding hydrogens is 304 g/mol. The fourth-order valence-corrected chi connectivity index (χ4v) is 2.22. The molecule has 1 aromatic carbocycles. The van der Waals surface area contributed by atoms with Crippen LogP contribution in [0.3, 0.4) is 0 Å². The second-order valence-electron chi connectivity index (χ2n) is 5.54. The summed E-state index contributed by atoms with van der Waals surface area (Å²) in [5.74, 6) is 1.33. The number of nitrogens with zero attached hydrogens (tertiary/aromatic N) is 1. The highest BCUT2D eigenvalue weighted by Gasteiger charge is 2.07. The molecule has 1 N–H and O–H groups in total. The van der Waals surface area contributed by atoms with Gasteiger partial charge in [0, 0.05) is 18.3 Å². The first-order chi connectivity index (χ1) is 11.6. The van der Waals surface area contributed by atoms with E-state index in [0.29, 0.717) is 32.1 Å². The van der Waals surface area contributed by atoms with Crippen molar-refractivity contribution in [3.63, 3.8) is 0 Å². The molecule has 5 nitrogen and oxygen atoms in total. The number of hydrogen-bond donors (Lipinski definition) is 1. The predicted octanol–water partition coefficient (Wildman–Crippen LogP) is 3.18. The van der Waals surface area contributed by atoms with E-state index in [0.717, 1.165) is 22.4 Å². The van der Waals surface area contributed by atoms with E-state index in [1.165, 1.54) is 0 Å². The number of pyridine rings is 1. The molecular formula is C19H24N2O3. The fraction of sp³-hybridized carbons (Fsp3) is 0.368. The van der Waals surface area contributed by atoms with Gasteiger partial charge in [0.25, 0.3) is 0 Å². The summed E-state index contributed by atoms with van der Waals surface area (Å²) in [5.41, 5.74) is 3.07. The van der Waals surface area contributed by atoms with Gasteiger partial charge in [-0.2, -0.15) is 0 Å². The number of ether oxygens (including phenoxy) is 2. The summed E-state index contributed by atoms with van der Waals surface area (Å²) in [6, 6.07) is 9.76. The normalized spacial score (nSPS) is 10.3. The monoisotopic (exact) mass is 328 g/mol. The molecule has 5 heteroatoms. The maximum atomic E-state index is 12.0. The maximum absolute atomic E-state index is 12.0. The van der Waals surface area contributed by atoms with Crippen LogP contribution in [0.2, 0.25) is 0 Å². The second-order valence-corrected chi connectivity index (χ2v) is 5.54. The summed E-state index contributed by atoms with van der Waals surface area (Å²) in [5, 5.41) is 2.87. The van der Waals surface area contributed by atoms with Gasteiger partial charge in [0.1, 0.15) is 5.75 Å². The van der Waals surface area contributed by atoms with Crippen molar-refractivity contribution in [2.75, 3.05) is 13.2 Å². The summed E-state index contributed by atoms with van der Waals surface area (Å²) in [6.45, 7) is 7.20. The van der Waals surface area contributed by atoms with Gasteiger partial charge in [0.2, 0.25) is 11.8 Å². The number of benzene rings is 1. The van der Waals surface area contributed by atoms with E-state index >= 15 is 0 Å². The number of nitrogens with one attached hydrogen (secondary N) is 1. The standard InChI is InChI=1S/C19H24N2O3/c1-4-23-19-16(6-5-10-20-19)13-21-18(22)9-11-24-17-12-14(2)7-8-15(17)3/h5-8,10,12H,4,9,11,13H2,1-3H3,(H,21,22). The van der Waals surface area contributed by atoms with Gasteiger partial charge in [-0.1, -0.05) is 18.2 Å². The van der Waals surface area contributed by atoms with Gasteiger partial charge >= 0.3 is 0 Å². The zero-order valence-corrected chi connectivity index (χ0v) is 14.5. The van der Waals surface area contributed by atoms with Crippen LogP contribution < -0.4 is 14.8 Å². The third-order valence-corrected chi connectivity index (χ3v) is 3.54. The topological polar surface area (TPSA) is 60.5 Å². The number of rotatable bonds is 8. The molecule has 0 unspecified atom stereocenters. The SMILES string of the molecule is CCOc1ncccc1CNC(=O)CCOc1cc(C)ccc1C. The van der Waals surface area contributed by atoms with Gasteiger partial charge in [-0.25, -0.2) is 4.98 Å². The van der Waals surface area contributed by atoms with Crippen molar-refractivity contribution in [2.45, 2.75) is 33.7 Å². The van der Waals surface area contributed by atoms with Crippen molar-refractivity contribution in [3.05, 3.63) is 53.2 Å². The minimum Gasteiger partial charge on any atom is -0.493 e. The Balaban J connectivity index is 1.79. The Hall–Kier alpha value is -2.56. The molecule has 0 spiro atoms. The van der Waals surface area contributed by atoms with E-state index in [9.17, 15) is 4.79 Å². The van der Waals surface area contributed by atoms with E-state index < -0.39 is 0 Å². The molecule has 128 valence electrons. The van der Waals surface area contributed by atoms with Crippen LogP contribution in [-0.4, -0.2) is 24.1 Å². The first-order valence-electron chi connectivity index (χ1n) is 8.13. The quantitative estimate of drug-likeness (QED) is 0.808. The first kappa shape index (κ1) is 17.8. The van der Waals surface area contributed by atoms with Crippen LogP contribution >= 0.6 is 0 Å². The maximum Gasteiger partial charge on any atom is 0.223 e. The van der Waals surface area contributed by atoms with Crippen molar-refractivity contribution in [2.24, 2.45) is 0 Å². The molecule has 0 fully saturated rings. The summed E-state index contributed by atoms with van der Waals surface area (Å²) in [6.07, 6.45) is 1.98. The van der Waals surface area contributed by atoms with Crippen molar-refractivity contribution in [3.8, 4) is 11.6 Å². The van der Waals surface area contributed by atoms with E-state index in [2.05, 4.69) is 10.3 Å². The third kappa shape index (κ3) is 5.26. The van der Waals surface area contributed by atoms with Crippen molar-refractivity contribution < 1.29 is 14.3 Å². The first-order valence-corrected chi connectivity index (χ1v) is 8.13. The Morgan fingerprint density at radius 1 is 1.21 bits per heavy atom. The van der Waals surface area contributed by atoms with Crippen LogP contribution in [0.5, 0.6) is 11.6 Å². The van der Waals surface area contributed by atoms with Crippen molar-refractivity contribution >= 4 is 5.91 Å². The zero-order valence-electron chi connectivity index (χ0n) is 14.5. The molecule has 2 rings (SSSR count). The van der Waals surface area contributed by atoms with Gasteiger partial charge in [0.05, 0.1) is 19.6 Å². The van der Waals surface area contributed by atoms with Crippen LogP contribution in [0.4, 0.5) is 0 Å². The average Bonchev–Trinajstić information content (AvgIpc) is 2.57. The Morgan fingerprint density at radius 2 is 2.04 bits per heavy atom. The van der Waals surface area contributed by atoms with Gasteiger partial charge in [-0.05, 0) is 44.0 Å². The molecule has 1 amide bonds. The van der Waals surface area contributed by atoms with E-state index in [1.54, 1.807) is 6.20 Å². The molecule has 0 aliphatic rings. The lowest BCUT2D eigenvalue weighted by molar-refractivity contribution is -0.121. The number of carbonyl (C=O) groups excluding carboxylic acids is 1. The molecule has 0 aliphatic heterocycles. The smallest absolute Gasteiger partial charge is 0.223 e.